The van der Waals surface area contributed by atoms with Crippen molar-refractivity contribution in [2.45, 2.75) is 37.6 Å². The topological polar surface area (TPSA) is 76.5 Å². The predicted molar refractivity (Wildman–Crippen MR) is 122 cm³/mol. The van der Waals surface area contributed by atoms with Gasteiger partial charge in [0, 0.05) is 18.3 Å². The van der Waals surface area contributed by atoms with Crippen LogP contribution in [-0.4, -0.2) is 52.4 Å². The molecule has 0 bridgehead atoms. The number of likely N-dealkylation sites (tertiary alicyclic amines) is 1. The molecular weight excluding hydrogens is 461 g/mol. The predicted octanol–water partition coefficient (Wildman–Crippen LogP) is 3.96. The maximum absolute atomic E-state index is 13.6. The van der Waals surface area contributed by atoms with Crippen LogP contribution in [0.5, 0.6) is 5.75 Å². The molecule has 184 valence electrons. The molecule has 35 heavy (non-hydrogen) atoms. The third kappa shape index (κ3) is 5.47. The van der Waals surface area contributed by atoms with Gasteiger partial charge in [0.15, 0.2) is 0 Å². The number of carbonyl (C=O) groups is 2. The molecule has 10 heteroatoms. The molecule has 0 saturated carbocycles. The molecule has 2 amide bonds. The fourth-order valence-corrected chi connectivity index (χ4v) is 4.40. The summed E-state index contributed by atoms with van der Waals surface area (Å²) in [7, 11) is 1.45. The average Bonchev–Trinajstić information content (AvgIpc) is 3.32. The first-order chi connectivity index (χ1) is 16.8. The second-order valence-electron chi connectivity index (χ2n) is 8.29. The molecule has 1 aliphatic heterocycles. The summed E-state index contributed by atoms with van der Waals surface area (Å²) < 4.78 is 46.2. The highest BCUT2D eigenvalue weighted by Gasteiger charge is 2.44. The van der Waals surface area contributed by atoms with Crippen LogP contribution in [0.4, 0.5) is 13.2 Å². The lowest BCUT2D eigenvalue weighted by atomic mass is 9.89. The number of amides is 2. The second kappa shape index (κ2) is 10.2. The molecule has 2 aromatic carbocycles. The van der Waals surface area contributed by atoms with Gasteiger partial charge >= 0.3 is 12.1 Å². The number of nitrogens with zero attached hydrogens (tertiary/aromatic N) is 3. The van der Waals surface area contributed by atoms with Crippen LogP contribution in [0.1, 0.15) is 40.5 Å². The van der Waals surface area contributed by atoms with E-state index in [1.165, 1.54) is 12.0 Å². The van der Waals surface area contributed by atoms with E-state index in [9.17, 15) is 22.8 Å². The first-order valence-corrected chi connectivity index (χ1v) is 11.2. The minimum Gasteiger partial charge on any atom is -0.496 e. The molecule has 3 aromatic rings. The van der Waals surface area contributed by atoms with Gasteiger partial charge in [0.2, 0.25) is 0 Å². The van der Waals surface area contributed by atoms with Gasteiger partial charge in [-0.3, -0.25) is 14.3 Å². The summed E-state index contributed by atoms with van der Waals surface area (Å²) in [5, 5.41) is 6.50. The van der Waals surface area contributed by atoms with Gasteiger partial charge in [-0.25, -0.2) is 0 Å². The SMILES string of the molecule is COc1ccccc1[C@@H]1[C@H](NC(=O)C(F)(F)F)CCCN1C(=O)c1ccn(Cc2ccccc2)n1. The standard InChI is InChI=1S/C25H25F3N4O3/c1-35-21-12-6-5-10-18(21)22-19(29-24(34)25(26,27)28)11-7-14-32(22)23(33)20-13-15-31(30-20)16-17-8-3-2-4-9-17/h2-6,8-10,12-13,15,19,22H,7,11,14,16H2,1H3,(H,29,34)/t19-,22-/m1/s1. The number of piperidine rings is 1. The lowest BCUT2D eigenvalue weighted by Crippen LogP contribution is -2.54. The van der Waals surface area contributed by atoms with Crippen molar-refractivity contribution < 1.29 is 27.5 Å². The van der Waals surface area contributed by atoms with Crippen LogP contribution in [0.3, 0.4) is 0 Å². The summed E-state index contributed by atoms with van der Waals surface area (Å²) in [5.41, 5.74) is 1.69. The summed E-state index contributed by atoms with van der Waals surface area (Å²) in [4.78, 5) is 26.8. The highest BCUT2D eigenvalue weighted by molar-refractivity contribution is 5.93. The van der Waals surface area contributed by atoms with E-state index >= 15 is 0 Å². The number of rotatable bonds is 6. The number of methoxy groups -OCH3 is 1. The monoisotopic (exact) mass is 486 g/mol. The van der Waals surface area contributed by atoms with E-state index in [0.29, 0.717) is 30.8 Å². The largest absolute Gasteiger partial charge is 0.496 e. The Morgan fingerprint density at radius 3 is 2.51 bits per heavy atom. The van der Waals surface area contributed by atoms with E-state index in [4.69, 9.17) is 4.74 Å². The molecule has 1 saturated heterocycles. The minimum atomic E-state index is -5.03. The molecule has 1 aromatic heterocycles. The number of halogens is 3. The minimum absolute atomic E-state index is 0.170. The van der Waals surface area contributed by atoms with E-state index in [2.05, 4.69) is 10.4 Å². The van der Waals surface area contributed by atoms with E-state index in [-0.39, 0.29) is 12.1 Å². The van der Waals surface area contributed by atoms with Crippen molar-refractivity contribution in [1.29, 1.82) is 0 Å². The third-order valence-electron chi connectivity index (χ3n) is 5.97. The molecule has 1 fully saturated rings. The number of aromatic nitrogens is 2. The van der Waals surface area contributed by atoms with Gasteiger partial charge < -0.3 is 15.0 Å². The van der Waals surface area contributed by atoms with Gasteiger partial charge in [-0.1, -0.05) is 48.5 Å². The maximum atomic E-state index is 13.6. The number of nitrogens with one attached hydrogen (secondary N) is 1. The molecule has 0 radical (unpaired) electrons. The van der Waals surface area contributed by atoms with Crippen LogP contribution in [0.25, 0.3) is 0 Å². The molecule has 4 rings (SSSR count). The normalized spacial score (nSPS) is 18.2. The Morgan fingerprint density at radius 2 is 1.80 bits per heavy atom. The van der Waals surface area contributed by atoms with Gasteiger partial charge in [-0.2, -0.15) is 18.3 Å². The number of para-hydroxylation sites is 1. The van der Waals surface area contributed by atoms with Crippen molar-refractivity contribution >= 4 is 11.8 Å². The molecule has 2 atom stereocenters. The molecule has 1 aliphatic rings. The fourth-order valence-electron chi connectivity index (χ4n) is 4.40. The number of hydrogen-bond acceptors (Lipinski definition) is 4. The number of ether oxygens (including phenoxy) is 1. The van der Waals surface area contributed by atoms with Crippen molar-refractivity contribution in [2.24, 2.45) is 0 Å². The Hall–Kier alpha value is -3.82. The van der Waals surface area contributed by atoms with Crippen molar-refractivity contribution in [3.8, 4) is 5.75 Å². The quantitative estimate of drug-likeness (QED) is 0.572. The van der Waals surface area contributed by atoms with Gasteiger partial charge in [-0.15, -0.1) is 0 Å². The van der Waals surface area contributed by atoms with Crippen LogP contribution in [0.15, 0.2) is 66.9 Å². The zero-order valence-corrected chi connectivity index (χ0v) is 19.0. The van der Waals surface area contributed by atoms with E-state index in [1.54, 1.807) is 41.2 Å². The van der Waals surface area contributed by atoms with Crippen molar-refractivity contribution in [3.05, 3.63) is 83.7 Å². The van der Waals surface area contributed by atoms with Crippen molar-refractivity contribution in [2.75, 3.05) is 13.7 Å². The molecule has 0 unspecified atom stereocenters. The van der Waals surface area contributed by atoms with Crippen LogP contribution >= 0.6 is 0 Å². The lowest BCUT2D eigenvalue weighted by molar-refractivity contribution is -0.175. The average molecular weight is 486 g/mol. The Morgan fingerprint density at radius 1 is 1.09 bits per heavy atom. The maximum Gasteiger partial charge on any atom is 0.471 e. The molecule has 7 nitrogen and oxygen atoms in total. The number of hydrogen-bond donors (Lipinski definition) is 1. The molecule has 0 aliphatic carbocycles. The van der Waals surface area contributed by atoms with Crippen molar-refractivity contribution in [3.63, 3.8) is 0 Å². The Bertz CT molecular complexity index is 1180. The Labute approximate surface area is 200 Å². The van der Waals surface area contributed by atoms with Crippen molar-refractivity contribution in [1.82, 2.24) is 20.0 Å². The van der Waals surface area contributed by atoms with Crippen LogP contribution in [0, 0.1) is 0 Å². The van der Waals surface area contributed by atoms with E-state index < -0.39 is 30.1 Å². The van der Waals surface area contributed by atoms with Gasteiger partial charge in [0.05, 0.1) is 25.7 Å². The molecule has 2 heterocycles. The van der Waals surface area contributed by atoms with Gasteiger partial charge in [0.25, 0.3) is 5.91 Å². The smallest absolute Gasteiger partial charge is 0.471 e. The fraction of sp³-hybridized carbons (Fsp3) is 0.320. The number of alkyl halides is 3. The first-order valence-electron chi connectivity index (χ1n) is 11.2. The van der Waals surface area contributed by atoms with Crippen LogP contribution in [-0.2, 0) is 11.3 Å². The van der Waals surface area contributed by atoms with Crippen LogP contribution < -0.4 is 10.1 Å². The van der Waals surface area contributed by atoms with Gasteiger partial charge in [0.1, 0.15) is 11.4 Å². The van der Waals surface area contributed by atoms with Crippen LogP contribution in [0.2, 0.25) is 0 Å². The van der Waals surface area contributed by atoms with E-state index in [0.717, 1.165) is 5.56 Å². The zero-order chi connectivity index (χ0) is 25.0. The Balaban J connectivity index is 1.65. The molecule has 0 spiro atoms. The number of benzene rings is 2. The summed E-state index contributed by atoms with van der Waals surface area (Å²) >= 11 is 0. The summed E-state index contributed by atoms with van der Waals surface area (Å²) in [5.74, 6) is -2.06. The third-order valence-corrected chi connectivity index (χ3v) is 5.97. The molecular formula is C25H25F3N4O3. The Kier molecular flexibility index (Phi) is 7.09. The summed E-state index contributed by atoms with van der Waals surface area (Å²) in [6.07, 6.45) is -2.65. The zero-order valence-electron chi connectivity index (χ0n) is 19.0. The molecule has 1 N–H and O–H groups in total. The number of carbonyl (C=O) groups excluding carboxylic acids is 2. The first kappa shape index (κ1) is 24.3. The summed E-state index contributed by atoms with van der Waals surface area (Å²) in [6, 6.07) is 16.2. The second-order valence-corrected chi connectivity index (χ2v) is 8.29. The highest BCUT2D eigenvalue weighted by atomic mass is 19.4. The lowest BCUT2D eigenvalue weighted by Gasteiger charge is -2.42. The highest BCUT2D eigenvalue weighted by Crippen LogP contribution is 2.37. The summed E-state index contributed by atoms with van der Waals surface area (Å²) in [6.45, 7) is 0.764. The van der Waals surface area contributed by atoms with Gasteiger partial charge in [-0.05, 0) is 30.5 Å². The van der Waals surface area contributed by atoms with E-state index in [1.807, 2.05) is 30.3 Å².